The molecule has 80 valence electrons. The predicted molar refractivity (Wildman–Crippen MR) is 50.0 cm³/mol. The minimum atomic E-state index is -1.05. The van der Waals surface area contributed by atoms with E-state index in [-0.39, 0.29) is 0 Å². The lowest BCUT2D eigenvalue weighted by Gasteiger charge is -2.23. The highest BCUT2D eigenvalue weighted by Gasteiger charge is 2.38. The third-order valence-corrected chi connectivity index (χ3v) is 1.83. The second-order valence-electron chi connectivity index (χ2n) is 3.14. The molecule has 14 heavy (non-hydrogen) atoms. The summed E-state index contributed by atoms with van der Waals surface area (Å²) in [5, 5.41) is 11.7. The SMILES string of the molecule is C=CCCNC1(C)NNC(C(=O)O)O1. The molecule has 0 saturated carbocycles. The van der Waals surface area contributed by atoms with Crippen molar-refractivity contribution >= 4 is 5.97 Å². The standard InChI is InChI=1S/C8H15N3O3/c1-3-4-5-9-8(2)11-10-6(14-8)7(12)13/h3,6,9-11H,1,4-5H2,2H3,(H,12,13). The smallest absolute Gasteiger partial charge is 0.349 e. The Morgan fingerprint density at radius 3 is 3.07 bits per heavy atom. The summed E-state index contributed by atoms with van der Waals surface area (Å²) >= 11 is 0. The molecule has 2 unspecified atom stereocenters. The van der Waals surface area contributed by atoms with Gasteiger partial charge in [0, 0.05) is 6.54 Å². The van der Waals surface area contributed by atoms with E-state index in [0.717, 1.165) is 6.42 Å². The predicted octanol–water partition coefficient (Wildman–Crippen LogP) is -0.639. The molecule has 6 nitrogen and oxygen atoms in total. The van der Waals surface area contributed by atoms with Gasteiger partial charge in [-0.25, -0.2) is 15.6 Å². The zero-order valence-corrected chi connectivity index (χ0v) is 8.04. The zero-order chi connectivity index (χ0) is 10.6. The number of nitrogens with one attached hydrogen (secondary N) is 3. The van der Waals surface area contributed by atoms with Crippen molar-refractivity contribution in [2.24, 2.45) is 0 Å². The third kappa shape index (κ3) is 2.78. The Labute approximate surface area is 82.3 Å². The summed E-state index contributed by atoms with van der Waals surface area (Å²) in [5.74, 6) is -1.89. The van der Waals surface area contributed by atoms with Crippen molar-refractivity contribution in [1.82, 2.24) is 16.2 Å². The van der Waals surface area contributed by atoms with Crippen LogP contribution in [0.2, 0.25) is 0 Å². The number of carboxylic acids is 1. The highest BCUT2D eigenvalue weighted by molar-refractivity contribution is 5.72. The summed E-state index contributed by atoms with van der Waals surface area (Å²) < 4.78 is 5.19. The van der Waals surface area contributed by atoms with Crippen LogP contribution in [-0.2, 0) is 9.53 Å². The molecule has 0 bridgehead atoms. The Morgan fingerprint density at radius 1 is 1.86 bits per heavy atom. The van der Waals surface area contributed by atoms with Crippen LogP contribution in [0.3, 0.4) is 0 Å². The van der Waals surface area contributed by atoms with Gasteiger partial charge in [0.2, 0.25) is 6.23 Å². The lowest BCUT2D eigenvalue weighted by atomic mass is 10.4. The van der Waals surface area contributed by atoms with E-state index in [2.05, 4.69) is 22.7 Å². The average molecular weight is 201 g/mol. The van der Waals surface area contributed by atoms with Crippen LogP contribution < -0.4 is 16.2 Å². The van der Waals surface area contributed by atoms with Gasteiger partial charge in [0.1, 0.15) is 0 Å². The maximum Gasteiger partial charge on any atom is 0.349 e. The number of carboxylic acid groups (broad SMARTS) is 1. The Bertz CT molecular complexity index is 234. The minimum Gasteiger partial charge on any atom is -0.478 e. The van der Waals surface area contributed by atoms with Crippen molar-refractivity contribution in [3.63, 3.8) is 0 Å². The van der Waals surface area contributed by atoms with E-state index in [9.17, 15) is 4.79 Å². The van der Waals surface area contributed by atoms with E-state index >= 15 is 0 Å². The van der Waals surface area contributed by atoms with Gasteiger partial charge in [-0.3, -0.25) is 5.32 Å². The van der Waals surface area contributed by atoms with Crippen LogP contribution in [0, 0.1) is 0 Å². The highest BCUT2D eigenvalue weighted by atomic mass is 16.6. The summed E-state index contributed by atoms with van der Waals surface area (Å²) in [6.07, 6.45) is 1.54. The number of carbonyl (C=O) groups is 1. The molecule has 4 N–H and O–H groups in total. The summed E-state index contributed by atoms with van der Waals surface area (Å²) in [6.45, 7) is 5.96. The minimum absolute atomic E-state index is 0.668. The van der Waals surface area contributed by atoms with Crippen molar-refractivity contribution in [2.75, 3.05) is 6.54 Å². The zero-order valence-electron chi connectivity index (χ0n) is 8.04. The molecule has 0 aliphatic carbocycles. The summed E-state index contributed by atoms with van der Waals surface area (Å²) in [6, 6.07) is 0. The van der Waals surface area contributed by atoms with Gasteiger partial charge in [0.25, 0.3) is 0 Å². The van der Waals surface area contributed by atoms with E-state index in [4.69, 9.17) is 9.84 Å². The van der Waals surface area contributed by atoms with Crippen molar-refractivity contribution in [1.29, 1.82) is 0 Å². The average Bonchev–Trinajstić information content (AvgIpc) is 2.49. The molecular weight excluding hydrogens is 186 g/mol. The van der Waals surface area contributed by atoms with Crippen LogP contribution >= 0.6 is 0 Å². The Kier molecular flexibility index (Phi) is 3.59. The van der Waals surface area contributed by atoms with Crippen molar-refractivity contribution in [3.8, 4) is 0 Å². The maximum absolute atomic E-state index is 10.5. The van der Waals surface area contributed by atoms with Gasteiger partial charge in [0.05, 0.1) is 0 Å². The van der Waals surface area contributed by atoms with Crippen LogP contribution in [0.4, 0.5) is 0 Å². The number of hydrazine groups is 1. The summed E-state index contributed by atoms with van der Waals surface area (Å²) in [4.78, 5) is 10.5. The monoisotopic (exact) mass is 201 g/mol. The van der Waals surface area contributed by atoms with E-state index in [1.165, 1.54) is 0 Å². The molecule has 2 atom stereocenters. The number of hydrogen-bond acceptors (Lipinski definition) is 5. The second kappa shape index (κ2) is 4.52. The Morgan fingerprint density at radius 2 is 2.57 bits per heavy atom. The van der Waals surface area contributed by atoms with Gasteiger partial charge in [-0.2, -0.15) is 0 Å². The molecule has 0 spiro atoms. The second-order valence-corrected chi connectivity index (χ2v) is 3.14. The van der Waals surface area contributed by atoms with Crippen molar-refractivity contribution < 1.29 is 14.6 Å². The normalized spacial score (nSPS) is 31.6. The number of rotatable bonds is 5. The Hall–Kier alpha value is -0.950. The van der Waals surface area contributed by atoms with Gasteiger partial charge in [-0.05, 0) is 13.3 Å². The number of hydrogen-bond donors (Lipinski definition) is 4. The molecule has 0 radical (unpaired) electrons. The lowest BCUT2D eigenvalue weighted by Crippen LogP contribution is -2.53. The van der Waals surface area contributed by atoms with Crippen LogP contribution in [0.25, 0.3) is 0 Å². The van der Waals surface area contributed by atoms with Crippen molar-refractivity contribution in [2.45, 2.75) is 25.4 Å². The van der Waals surface area contributed by atoms with Gasteiger partial charge < -0.3 is 9.84 Å². The quantitative estimate of drug-likeness (QED) is 0.350. The van der Waals surface area contributed by atoms with E-state index in [1.807, 2.05) is 0 Å². The first-order valence-corrected chi connectivity index (χ1v) is 4.36. The van der Waals surface area contributed by atoms with Crippen LogP contribution in [-0.4, -0.2) is 29.7 Å². The van der Waals surface area contributed by atoms with Crippen LogP contribution in [0.1, 0.15) is 13.3 Å². The van der Waals surface area contributed by atoms with Gasteiger partial charge in [0.15, 0.2) is 5.85 Å². The van der Waals surface area contributed by atoms with Gasteiger partial charge >= 0.3 is 5.97 Å². The van der Waals surface area contributed by atoms with Crippen LogP contribution in [0.5, 0.6) is 0 Å². The highest BCUT2D eigenvalue weighted by Crippen LogP contribution is 2.10. The molecule has 6 heteroatoms. The molecule has 0 aromatic heterocycles. The third-order valence-electron chi connectivity index (χ3n) is 1.83. The maximum atomic E-state index is 10.5. The largest absolute Gasteiger partial charge is 0.478 e. The summed E-state index contributed by atoms with van der Waals surface area (Å²) in [5.41, 5.74) is 5.24. The molecule has 1 saturated heterocycles. The molecule has 0 aromatic carbocycles. The molecular formula is C8H15N3O3. The Balaban J connectivity index is 2.37. The van der Waals surface area contributed by atoms with Gasteiger partial charge in [-0.15, -0.1) is 6.58 Å². The lowest BCUT2D eigenvalue weighted by molar-refractivity contribution is -0.156. The fourth-order valence-corrected chi connectivity index (χ4v) is 1.11. The van der Waals surface area contributed by atoms with Gasteiger partial charge in [-0.1, -0.05) is 6.08 Å². The first kappa shape index (κ1) is 11.1. The molecule has 1 aliphatic rings. The molecule has 1 rings (SSSR count). The first-order chi connectivity index (χ1) is 6.57. The molecule has 1 fully saturated rings. The molecule has 0 aromatic rings. The van der Waals surface area contributed by atoms with Crippen molar-refractivity contribution in [3.05, 3.63) is 12.7 Å². The fourth-order valence-electron chi connectivity index (χ4n) is 1.11. The van der Waals surface area contributed by atoms with E-state index in [1.54, 1.807) is 13.0 Å². The van der Waals surface area contributed by atoms with Crippen LogP contribution in [0.15, 0.2) is 12.7 Å². The summed E-state index contributed by atoms with van der Waals surface area (Å²) in [7, 11) is 0. The molecule has 1 heterocycles. The van der Waals surface area contributed by atoms with E-state index in [0.29, 0.717) is 6.54 Å². The molecule has 1 aliphatic heterocycles. The number of aliphatic carboxylic acids is 1. The molecule has 0 amide bonds. The van der Waals surface area contributed by atoms with E-state index < -0.39 is 18.0 Å². The fraction of sp³-hybridized carbons (Fsp3) is 0.625. The first-order valence-electron chi connectivity index (χ1n) is 4.36. The number of ether oxygens (including phenoxy) is 1. The topological polar surface area (TPSA) is 82.6 Å².